The molecule has 2 aliphatic heterocycles. The molecule has 2 heterocycles. The molecule has 208 valence electrons. The maximum atomic E-state index is 12.1. The van der Waals surface area contributed by atoms with Gasteiger partial charge in [0, 0.05) is 38.3 Å². The molecular formula is C26H31ClO11. The van der Waals surface area contributed by atoms with E-state index in [1.165, 1.54) is 12.1 Å². The molecule has 0 amide bonds. The second-order valence-corrected chi connectivity index (χ2v) is 9.39. The van der Waals surface area contributed by atoms with E-state index in [4.69, 9.17) is 40.0 Å². The zero-order chi connectivity index (χ0) is 28.0. The van der Waals surface area contributed by atoms with E-state index in [2.05, 4.69) is 0 Å². The summed E-state index contributed by atoms with van der Waals surface area (Å²) in [6.45, 7) is 5.16. The average Bonchev–Trinajstić information content (AvgIpc) is 2.83. The molecule has 0 unspecified atom stereocenters. The highest BCUT2D eigenvalue weighted by molar-refractivity contribution is 6.32. The zero-order valence-corrected chi connectivity index (χ0v) is 22.3. The molecule has 1 aromatic carbocycles. The van der Waals surface area contributed by atoms with Crippen LogP contribution >= 0.6 is 11.6 Å². The van der Waals surface area contributed by atoms with Crippen LogP contribution in [0.2, 0.25) is 5.02 Å². The highest BCUT2D eigenvalue weighted by Crippen LogP contribution is 2.42. The zero-order valence-electron chi connectivity index (χ0n) is 21.6. The molecule has 0 aromatic heterocycles. The number of aliphatic hydroxyl groups is 1. The number of hydrogen-bond acceptors (Lipinski definition) is 11. The van der Waals surface area contributed by atoms with Gasteiger partial charge in [0.15, 0.2) is 12.2 Å². The largest absolute Gasteiger partial charge is 0.463 e. The van der Waals surface area contributed by atoms with Gasteiger partial charge >= 0.3 is 23.9 Å². The van der Waals surface area contributed by atoms with Crippen LogP contribution in [0.3, 0.4) is 0 Å². The highest BCUT2D eigenvalue weighted by atomic mass is 35.5. The van der Waals surface area contributed by atoms with Gasteiger partial charge in [-0.3, -0.25) is 19.2 Å². The van der Waals surface area contributed by atoms with Gasteiger partial charge in [0.1, 0.15) is 12.7 Å². The number of hydrogen-bond donors (Lipinski definition) is 1. The molecule has 12 heteroatoms. The third-order valence-corrected chi connectivity index (χ3v) is 6.30. The van der Waals surface area contributed by atoms with E-state index in [0.717, 1.165) is 33.3 Å². The Morgan fingerprint density at radius 3 is 2.16 bits per heavy atom. The van der Waals surface area contributed by atoms with Crippen LogP contribution < -0.4 is 0 Å². The van der Waals surface area contributed by atoms with Gasteiger partial charge in [0.2, 0.25) is 11.9 Å². The number of carbonyl (C=O) groups is 4. The first-order valence-corrected chi connectivity index (χ1v) is 12.4. The molecule has 1 aromatic rings. The summed E-state index contributed by atoms with van der Waals surface area (Å²) in [4.78, 5) is 47.7. The third-order valence-electron chi connectivity index (χ3n) is 5.96. The number of esters is 4. The van der Waals surface area contributed by atoms with Crippen molar-refractivity contribution in [3.63, 3.8) is 0 Å². The Morgan fingerprint density at radius 1 is 0.974 bits per heavy atom. The second-order valence-electron chi connectivity index (χ2n) is 8.98. The Bertz CT molecular complexity index is 1090. The Kier molecular flexibility index (Phi) is 9.88. The van der Waals surface area contributed by atoms with E-state index in [9.17, 15) is 24.3 Å². The van der Waals surface area contributed by atoms with Crippen LogP contribution in [0.15, 0.2) is 23.8 Å². The number of rotatable bonds is 7. The maximum absolute atomic E-state index is 12.1. The molecule has 2 aliphatic rings. The number of ether oxygens (including phenoxy) is 6. The lowest BCUT2D eigenvalue weighted by Gasteiger charge is -2.48. The van der Waals surface area contributed by atoms with Crippen molar-refractivity contribution >= 4 is 41.6 Å². The van der Waals surface area contributed by atoms with Crippen LogP contribution in [-0.2, 0) is 53.4 Å². The van der Waals surface area contributed by atoms with Crippen LogP contribution in [0.1, 0.15) is 51.7 Å². The average molecular weight is 555 g/mol. The summed E-state index contributed by atoms with van der Waals surface area (Å²) in [5.74, 6) is -5.50. The van der Waals surface area contributed by atoms with Crippen molar-refractivity contribution in [3.8, 4) is 0 Å². The monoisotopic (exact) mass is 554 g/mol. The lowest BCUT2D eigenvalue weighted by molar-refractivity contribution is -0.360. The van der Waals surface area contributed by atoms with Gasteiger partial charge in [-0.15, -0.1) is 0 Å². The van der Waals surface area contributed by atoms with E-state index in [1.54, 1.807) is 6.07 Å². The first-order chi connectivity index (χ1) is 17.9. The van der Waals surface area contributed by atoms with E-state index >= 15 is 0 Å². The van der Waals surface area contributed by atoms with E-state index in [1.807, 2.05) is 6.08 Å². The lowest BCUT2D eigenvalue weighted by atomic mass is 9.86. The molecule has 5 atom stereocenters. The molecule has 0 aliphatic carbocycles. The van der Waals surface area contributed by atoms with Crippen LogP contribution in [0.5, 0.6) is 0 Å². The van der Waals surface area contributed by atoms with Gasteiger partial charge in [-0.05, 0) is 30.5 Å². The predicted octanol–water partition coefficient (Wildman–Crippen LogP) is 2.44. The number of benzene rings is 1. The molecule has 2 saturated heterocycles. The lowest BCUT2D eigenvalue weighted by Crippen LogP contribution is -2.66. The first-order valence-electron chi connectivity index (χ1n) is 12.0. The van der Waals surface area contributed by atoms with Crippen molar-refractivity contribution in [2.24, 2.45) is 0 Å². The van der Waals surface area contributed by atoms with Crippen molar-refractivity contribution in [1.82, 2.24) is 0 Å². The Balaban J connectivity index is 2.14. The van der Waals surface area contributed by atoms with Crippen molar-refractivity contribution in [3.05, 3.63) is 39.9 Å². The fourth-order valence-electron chi connectivity index (χ4n) is 4.39. The van der Waals surface area contributed by atoms with Crippen molar-refractivity contribution in [2.45, 2.75) is 70.7 Å². The second kappa shape index (κ2) is 12.7. The minimum absolute atomic E-state index is 0.110. The number of carbonyl (C=O) groups excluding carboxylic acids is 4. The molecule has 11 nitrogen and oxygen atoms in total. The van der Waals surface area contributed by atoms with Gasteiger partial charge in [-0.1, -0.05) is 29.3 Å². The minimum atomic E-state index is -2.43. The minimum Gasteiger partial charge on any atom is -0.463 e. The van der Waals surface area contributed by atoms with Crippen molar-refractivity contribution < 1.29 is 52.7 Å². The summed E-state index contributed by atoms with van der Waals surface area (Å²) in [6.07, 6.45) is -2.60. The maximum Gasteiger partial charge on any atom is 0.303 e. The Morgan fingerprint density at radius 2 is 1.58 bits per heavy atom. The van der Waals surface area contributed by atoms with Gasteiger partial charge < -0.3 is 33.5 Å². The van der Waals surface area contributed by atoms with Crippen LogP contribution in [-0.4, -0.2) is 73.2 Å². The summed E-state index contributed by atoms with van der Waals surface area (Å²) in [5.41, 5.74) is 1.75. The molecule has 0 bridgehead atoms. The molecule has 1 N–H and O–H groups in total. The van der Waals surface area contributed by atoms with Gasteiger partial charge in [0.25, 0.3) is 0 Å². The summed E-state index contributed by atoms with van der Waals surface area (Å²) in [6, 6.07) is 4.56. The summed E-state index contributed by atoms with van der Waals surface area (Å²) < 4.78 is 32.7. The van der Waals surface area contributed by atoms with Gasteiger partial charge in [-0.2, -0.15) is 0 Å². The quantitative estimate of drug-likeness (QED) is 0.392. The molecule has 0 spiro atoms. The van der Waals surface area contributed by atoms with E-state index in [0.29, 0.717) is 36.6 Å². The Hall–Kier alpha value is -2.99. The first kappa shape index (κ1) is 29.6. The summed E-state index contributed by atoms with van der Waals surface area (Å²) in [7, 11) is 0. The smallest absolute Gasteiger partial charge is 0.303 e. The number of halogens is 1. The highest BCUT2D eigenvalue weighted by Gasteiger charge is 2.60. The molecule has 3 rings (SSSR count). The fourth-order valence-corrected chi connectivity index (χ4v) is 4.56. The molecular weight excluding hydrogens is 524 g/mol. The summed E-state index contributed by atoms with van der Waals surface area (Å²) in [5, 5.41) is 12.4. The standard InChI is InChI=1S/C26H31ClO11/c1-14(28)34-13-22-23(35-15(2)29)24(36-16(3)30)25(37-17(4)31)26(32,38-22)20-5-6-21(27)19(12-20)11-18-7-9-33-10-8-18/h5-6,11-12,22-25,32H,7-10,13H2,1-4H3/t22-,23-,24+,25-,26-/m1/s1. The third kappa shape index (κ3) is 7.31. The fraction of sp³-hybridized carbons (Fsp3) is 0.538. The molecule has 0 radical (unpaired) electrons. The Labute approximate surface area is 224 Å². The van der Waals surface area contributed by atoms with Crippen LogP contribution in [0.25, 0.3) is 6.08 Å². The molecule has 2 fully saturated rings. The van der Waals surface area contributed by atoms with Crippen molar-refractivity contribution in [2.75, 3.05) is 19.8 Å². The van der Waals surface area contributed by atoms with Crippen LogP contribution in [0.4, 0.5) is 0 Å². The van der Waals surface area contributed by atoms with Gasteiger partial charge in [0.05, 0.1) is 13.2 Å². The molecule has 0 saturated carbocycles. The van der Waals surface area contributed by atoms with Gasteiger partial charge in [-0.25, -0.2) is 0 Å². The topological polar surface area (TPSA) is 144 Å². The molecule has 38 heavy (non-hydrogen) atoms. The predicted molar refractivity (Wildman–Crippen MR) is 132 cm³/mol. The normalized spacial score (nSPS) is 27.2. The summed E-state index contributed by atoms with van der Waals surface area (Å²) >= 11 is 6.44. The SMILES string of the molecule is CC(=O)OC[C@H]1O[C@](O)(c2ccc(Cl)c(C=C3CCOCC3)c2)[C@H](OC(C)=O)[C@@H](OC(C)=O)[C@@H]1OC(C)=O. The van der Waals surface area contributed by atoms with Crippen molar-refractivity contribution in [1.29, 1.82) is 0 Å². The van der Waals surface area contributed by atoms with E-state index < -0.39 is 60.7 Å². The van der Waals surface area contributed by atoms with Crippen LogP contribution in [0, 0.1) is 0 Å². The van der Waals surface area contributed by atoms with E-state index in [-0.39, 0.29) is 5.56 Å².